The number of carbonyl (C=O) groups excluding carboxylic acids is 1. The third-order valence-electron chi connectivity index (χ3n) is 5.43. The molecule has 2 fully saturated rings. The van der Waals surface area contributed by atoms with E-state index in [1.54, 1.807) is 0 Å². The molecule has 4 nitrogen and oxygen atoms in total. The zero-order chi connectivity index (χ0) is 15.8. The number of ether oxygens (including phenoxy) is 1. The van der Waals surface area contributed by atoms with Crippen LogP contribution in [0.1, 0.15) is 43.4 Å². The lowest BCUT2D eigenvalue weighted by Crippen LogP contribution is -2.49. The van der Waals surface area contributed by atoms with E-state index >= 15 is 0 Å². The topological polar surface area (TPSA) is 32.8 Å². The van der Waals surface area contributed by atoms with Crippen LogP contribution in [0, 0.1) is 0 Å². The molecule has 0 aromatic heterocycles. The molecule has 1 heterocycles. The molecule has 1 aromatic rings. The molecule has 124 valence electrons. The molecular formula is C19H26N2O2. The number of hydrogen-bond donors (Lipinski definition) is 0. The molecule has 23 heavy (non-hydrogen) atoms. The summed E-state index contributed by atoms with van der Waals surface area (Å²) in [4.78, 5) is 17.3. The molecule has 0 radical (unpaired) electrons. The van der Waals surface area contributed by atoms with Crippen molar-refractivity contribution in [2.24, 2.45) is 0 Å². The predicted octanol–water partition coefficient (Wildman–Crippen LogP) is 2.39. The van der Waals surface area contributed by atoms with Gasteiger partial charge in [-0.1, -0.05) is 24.3 Å². The van der Waals surface area contributed by atoms with Crippen molar-refractivity contribution in [2.45, 2.75) is 50.8 Å². The third kappa shape index (κ3) is 3.15. The summed E-state index contributed by atoms with van der Waals surface area (Å²) < 4.78 is 5.56. The Kier molecular flexibility index (Phi) is 4.12. The SMILES string of the molecule is C[C@H]1CN(C(=O)CN(C2CC2)[C@H]2CCc3ccccc32)CCO1. The van der Waals surface area contributed by atoms with Crippen LogP contribution in [0.3, 0.4) is 0 Å². The van der Waals surface area contributed by atoms with Gasteiger partial charge in [0, 0.05) is 25.2 Å². The van der Waals surface area contributed by atoms with Gasteiger partial charge in [0.05, 0.1) is 19.3 Å². The summed E-state index contributed by atoms with van der Waals surface area (Å²) in [5.74, 6) is 0.274. The molecule has 1 amide bonds. The van der Waals surface area contributed by atoms with Crippen LogP contribution in [-0.2, 0) is 16.0 Å². The van der Waals surface area contributed by atoms with Crippen LogP contribution in [0.15, 0.2) is 24.3 Å². The van der Waals surface area contributed by atoms with Crippen LogP contribution in [0.4, 0.5) is 0 Å². The van der Waals surface area contributed by atoms with Gasteiger partial charge in [-0.05, 0) is 43.7 Å². The Morgan fingerprint density at radius 3 is 2.91 bits per heavy atom. The minimum Gasteiger partial charge on any atom is -0.375 e. The van der Waals surface area contributed by atoms with E-state index in [0.29, 0.717) is 25.2 Å². The second-order valence-corrected chi connectivity index (χ2v) is 7.18. The fraction of sp³-hybridized carbons (Fsp3) is 0.632. The zero-order valence-electron chi connectivity index (χ0n) is 13.9. The molecular weight excluding hydrogens is 288 g/mol. The summed E-state index contributed by atoms with van der Waals surface area (Å²) in [7, 11) is 0. The summed E-state index contributed by atoms with van der Waals surface area (Å²) in [5.41, 5.74) is 2.91. The highest BCUT2D eigenvalue weighted by molar-refractivity contribution is 5.78. The Balaban J connectivity index is 1.48. The largest absolute Gasteiger partial charge is 0.375 e. The maximum Gasteiger partial charge on any atom is 0.236 e. The average molecular weight is 314 g/mol. The van der Waals surface area contributed by atoms with Gasteiger partial charge in [-0.15, -0.1) is 0 Å². The first kappa shape index (κ1) is 15.2. The minimum absolute atomic E-state index is 0.161. The summed E-state index contributed by atoms with van der Waals surface area (Å²) in [5, 5.41) is 0. The van der Waals surface area contributed by atoms with Crippen LogP contribution < -0.4 is 0 Å². The number of aryl methyl sites for hydroxylation is 1. The van der Waals surface area contributed by atoms with E-state index in [1.807, 2.05) is 11.8 Å². The highest BCUT2D eigenvalue weighted by atomic mass is 16.5. The highest BCUT2D eigenvalue weighted by Gasteiger charge is 2.39. The highest BCUT2D eigenvalue weighted by Crippen LogP contribution is 2.41. The number of carbonyl (C=O) groups is 1. The summed E-state index contributed by atoms with van der Waals surface area (Å²) in [6.07, 6.45) is 4.95. The molecule has 1 aromatic carbocycles. The number of benzene rings is 1. The molecule has 1 aliphatic heterocycles. The molecule has 0 N–H and O–H groups in total. The monoisotopic (exact) mass is 314 g/mol. The van der Waals surface area contributed by atoms with Crippen LogP contribution in [0.25, 0.3) is 0 Å². The fourth-order valence-electron chi connectivity index (χ4n) is 4.08. The van der Waals surface area contributed by atoms with Crippen molar-refractivity contribution in [3.05, 3.63) is 35.4 Å². The van der Waals surface area contributed by atoms with E-state index in [1.165, 1.54) is 24.0 Å². The van der Waals surface area contributed by atoms with Gasteiger partial charge in [-0.2, -0.15) is 0 Å². The van der Waals surface area contributed by atoms with E-state index < -0.39 is 0 Å². The van der Waals surface area contributed by atoms with Crippen molar-refractivity contribution in [3.8, 4) is 0 Å². The van der Waals surface area contributed by atoms with Gasteiger partial charge >= 0.3 is 0 Å². The van der Waals surface area contributed by atoms with Crippen molar-refractivity contribution in [1.82, 2.24) is 9.80 Å². The summed E-state index contributed by atoms with van der Waals surface area (Å²) in [6, 6.07) is 9.79. The van der Waals surface area contributed by atoms with Crippen molar-refractivity contribution >= 4 is 5.91 Å². The molecule has 3 aliphatic rings. The molecule has 4 rings (SSSR count). The van der Waals surface area contributed by atoms with Gasteiger partial charge in [0.25, 0.3) is 0 Å². The average Bonchev–Trinajstić information content (AvgIpc) is 3.32. The molecule has 2 aliphatic carbocycles. The van der Waals surface area contributed by atoms with Gasteiger partial charge in [-0.25, -0.2) is 0 Å². The first-order valence-corrected chi connectivity index (χ1v) is 8.95. The molecule has 0 unspecified atom stereocenters. The van der Waals surface area contributed by atoms with Gasteiger partial charge in [0.15, 0.2) is 0 Å². The van der Waals surface area contributed by atoms with Crippen LogP contribution in [0.2, 0.25) is 0 Å². The molecule has 1 saturated heterocycles. The van der Waals surface area contributed by atoms with E-state index in [2.05, 4.69) is 29.2 Å². The van der Waals surface area contributed by atoms with Crippen molar-refractivity contribution in [3.63, 3.8) is 0 Å². The Morgan fingerprint density at radius 2 is 2.13 bits per heavy atom. The molecule has 1 saturated carbocycles. The lowest BCUT2D eigenvalue weighted by molar-refractivity contribution is -0.140. The second kappa shape index (κ2) is 6.25. The minimum atomic E-state index is 0.161. The zero-order valence-corrected chi connectivity index (χ0v) is 13.9. The number of morpholine rings is 1. The van der Waals surface area contributed by atoms with Crippen molar-refractivity contribution < 1.29 is 9.53 Å². The number of amides is 1. The van der Waals surface area contributed by atoms with Crippen LogP contribution in [-0.4, -0.2) is 54.1 Å². The lowest BCUT2D eigenvalue weighted by Gasteiger charge is -2.35. The number of nitrogens with zero attached hydrogens (tertiary/aromatic N) is 2. The Labute approximate surface area is 138 Å². The van der Waals surface area contributed by atoms with Crippen LogP contribution >= 0.6 is 0 Å². The number of hydrogen-bond acceptors (Lipinski definition) is 3. The molecule has 4 heteroatoms. The van der Waals surface area contributed by atoms with Gasteiger partial charge in [0.2, 0.25) is 5.91 Å². The second-order valence-electron chi connectivity index (χ2n) is 7.18. The standard InChI is InChI=1S/C19H26N2O2/c1-14-12-20(10-11-23-14)19(22)13-21(16-7-8-16)18-9-6-15-4-2-3-5-17(15)18/h2-5,14,16,18H,6-13H2,1H3/t14-,18-/m0/s1. The smallest absolute Gasteiger partial charge is 0.236 e. The summed E-state index contributed by atoms with van der Waals surface area (Å²) >= 11 is 0. The van der Waals surface area contributed by atoms with Gasteiger partial charge in [-0.3, -0.25) is 9.69 Å². The van der Waals surface area contributed by atoms with Crippen molar-refractivity contribution in [1.29, 1.82) is 0 Å². The van der Waals surface area contributed by atoms with E-state index in [0.717, 1.165) is 25.9 Å². The third-order valence-corrected chi connectivity index (χ3v) is 5.43. The number of rotatable bonds is 4. The lowest BCUT2D eigenvalue weighted by atomic mass is 10.1. The first-order valence-electron chi connectivity index (χ1n) is 8.95. The predicted molar refractivity (Wildman–Crippen MR) is 89.2 cm³/mol. The van der Waals surface area contributed by atoms with Crippen LogP contribution in [0.5, 0.6) is 0 Å². The summed E-state index contributed by atoms with van der Waals surface area (Å²) in [6.45, 7) is 4.76. The number of fused-ring (bicyclic) bond motifs is 1. The Hall–Kier alpha value is -1.39. The molecule has 2 atom stereocenters. The van der Waals surface area contributed by atoms with Gasteiger partial charge in [0.1, 0.15) is 0 Å². The Bertz CT molecular complexity index is 584. The van der Waals surface area contributed by atoms with E-state index in [9.17, 15) is 4.79 Å². The molecule has 0 bridgehead atoms. The molecule has 0 spiro atoms. The van der Waals surface area contributed by atoms with E-state index in [4.69, 9.17) is 4.74 Å². The fourth-order valence-corrected chi connectivity index (χ4v) is 4.08. The normalized spacial score (nSPS) is 27.3. The van der Waals surface area contributed by atoms with E-state index in [-0.39, 0.29) is 12.0 Å². The maximum absolute atomic E-state index is 12.8. The quantitative estimate of drug-likeness (QED) is 0.855. The maximum atomic E-state index is 12.8. The van der Waals surface area contributed by atoms with Gasteiger partial charge < -0.3 is 9.64 Å². The first-order chi connectivity index (χ1) is 11.2. The Morgan fingerprint density at radius 1 is 1.30 bits per heavy atom. The van der Waals surface area contributed by atoms with Crippen molar-refractivity contribution in [2.75, 3.05) is 26.2 Å².